The summed E-state index contributed by atoms with van der Waals surface area (Å²) in [5, 5.41) is 0.581. The first-order valence-corrected chi connectivity index (χ1v) is 4.17. The van der Waals surface area contributed by atoms with Gasteiger partial charge in [0.25, 0.3) is 5.56 Å². The molecule has 0 fully saturated rings. The minimum absolute atomic E-state index is 0.140. The van der Waals surface area contributed by atoms with E-state index in [2.05, 4.69) is 4.98 Å². The third-order valence-electron chi connectivity index (χ3n) is 1.72. The van der Waals surface area contributed by atoms with Gasteiger partial charge in [0.2, 0.25) is 0 Å². The molecule has 1 heterocycles. The lowest BCUT2D eigenvalue weighted by Crippen LogP contribution is -2.17. The molecule has 0 amide bonds. The van der Waals surface area contributed by atoms with Crippen LogP contribution in [0.25, 0.3) is 0 Å². The molecule has 66 valence electrons. The average Bonchev–Trinajstić information content (AvgIpc) is 2.08. The number of halogens is 1. The SMILES string of the molecule is CCc1[nH]c(=O)c(CN)cc1Cl. The maximum atomic E-state index is 11.2. The van der Waals surface area contributed by atoms with Gasteiger partial charge >= 0.3 is 0 Å². The van der Waals surface area contributed by atoms with Crippen LogP contribution in [0.2, 0.25) is 5.02 Å². The molecule has 0 aromatic carbocycles. The van der Waals surface area contributed by atoms with E-state index in [0.29, 0.717) is 10.6 Å². The van der Waals surface area contributed by atoms with Crippen LogP contribution in [0.3, 0.4) is 0 Å². The first-order valence-electron chi connectivity index (χ1n) is 3.79. The molecular weight excluding hydrogens is 176 g/mol. The number of hydrogen-bond donors (Lipinski definition) is 2. The smallest absolute Gasteiger partial charge is 0.252 e. The number of aryl methyl sites for hydroxylation is 1. The van der Waals surface area contributed by atoms with Crippen LogP contribution >= 0.6 is 11.6 Å². The monoisotopic (exact) mass is 186 g/mol. The minimum Gasteiger partial charge on any atom is -0.326 e. The van der Waals surface area contributed by atoms with Crippen molar-refractivity contribution in [2.75, 3.05) is 0 Å². The van der Waals surface area contributed by atoms with E-state index in [1.807, 2.05) is 6.92 Å². The molecule has 12 heavy (non-hydrogen) atoms. The van der Waals surface area contributed by atoms with Gasteiger partial charge in [0.15, 0.2) is 0 Å². The lowest BCUT2D eigenvalue weighted by molar-refractivity contribution is 0.957. The summed E-state index contributed by atoms with van der Waals surface area (Å²) in [6.45, 7) is 2.15. The number of aromatic nitrogens is 1. The summed E-state index contributed by atoms with van der Waals surface area (Å²) in [5.41, 5.74) is 6.48. The number of nitrogens with one attached hydrogen (secondary N) is 1. The molecule has 0 radical (unpaired) electrons. The van der Waals surface area contributed by atoms with E-state index >= 15 is 0 Å². The number of rotatable bonds is 2. The Hall–Kier alpha value is -0.800. The molecule has 3 nitrogen and oxygen atoms in total. The fourth-order valence-electron chi connectivity index (χ4n) is 0.992. The molecule has 1 rings (SSSR count). The molecule has 0 atom stereocenters. The molecular formula is C8H11ClN2O. The van der Waals surface area contributed by atoms with Crippen molar-refractivity contribution < 1.29 is 0 Å². The molecule has 1 aromatic rings. The number of pyridine rings is 1. The van der Waals surface area contributed by atoms with Gasteiger partial charge in [-0.25, -0.2) is 0 Å². The first kappa shape index (κ1) is 9.29. The number of nitrogens with two attached hydrogens (primary N) is 1. The van der Waals surface area contributed by atoms with Crippen molar-refractivity contribution >= 4 is 11.6 Å². The van der Waals surface area contributed by atoms with Gasteiger partial charge in [-0.2, -0.15) is 0 Å². The topological polar surface area (TPSA) is 58.9 Å². The lowest BCUT2D eigenvalue weighted by atomic mass is 10.2. The Bertz CT molecular complexity index is 332. The van der Waals surface area contributed by atoms with Crippen LogP contribution in [0.4, 0.5) is 0 Å². The van der Waals surface area contributed by atoms with Gasteiger partial charge in [0.05, 0.1) is 5.02 Å². The first-order chi connectivity index (χ1) is 5.69. The van der Waals surface area contributed by atoms with Crippen LogP contribution in [0.1, 0.15) is 18.2 Å². The summed E-state index contributed by atoms with van der Waals surface area (Å²) in [4.78, 5) is 13.9. The minimum atomic E-state index is -0.140. The van der Waals surface area contributed by atoms with Crippen molar-refractivity contribution in [1.29, 1.82) is 0 Å². The summed E-state index contributed by atoms with van der Waals surface area (Å²) >= 11 is 5.85. The Balaban J connectivity index is 3.26. The maximum Gasteiger partial charge on any atom is 0.252 e. The van der Waals surface area contributed by atoms with Gasteiger partial charge in [-0.1, -0.05) is 18.5 Å². The second-order valence-corrected chi connectivity index (χ2v) is 2.92. The van der Waals surface area contributed by atoms with Crippen LogP contribution in [-0.4, -0.2) is 4.98 Å². The second-order valence-electron chi connectivity index (χ2n) is 2.51. The molecule has 0 saturated carbocycles. The Kier molecular flexibility index (Phi) is 2.89. The summed E-state index contributed by atoms with van der Waals surface area (Å²) in [6, 6.07) is 1.62. The van der Waals surface area contributed by atoms with Crippen molar-refractivity contribution in [2.45, 2.75) is 19.9 Å². The lowest BCUT2D eigenvalue weighted by Gasteiger charge is -2.02. The van der Waals surface area contributed by atoms with Crippen LogP contribution in [0.5, 0.6) is 0 Å². The zero-order valence-electron chi connectivity index (χ0n) is 6.86. The van der Waals surface area contributed by atoms with Crippen molar-refractivity contribution in [3.8, 4) is 0 Å². The van der Waals surface area contributed by atoms with Crippen molar-refractivity contribution in [1.82, 2.24) is 4.98 Å². The second kappa shape index (κ2) is 3.74. The number of aromatic amines is 1. The highest BCUT2D eigenvalue weighted by atomic mass is 35.5. The molecule has 0 aliphatic rings. The standard InChI is InChI=1S/C8H11ClN2O/c1-2-7-6(9)3-5(4-10)8(12)11-7/h3H,2,4,10H2,1H3,(H,11,12). The van der Waals surface area contributed by atoms with Gasteiger partial charge in [-0.15, -0.1) is 0 Å². The number of hydrogen-bond acceptors (Lipinski definition) is 2. The van der Waals surface area contributed by atoms with Crippen LogP contribution < -0.4 is 11.3 Å². The summed E-state index contributed by atoms with van der Waals surface area (Å²) in [7, 11) is 0. The van der Waals surface area contributed by atoms with E-state index in [1.165, 1.54) is 0 Å². The van der Waals surface area contributed by atoms with E-state index in [-0.39, 0.29) is 12.1 Å². The molecule has 3 N–H and O–H groups in total. The van der Waals surface area contributed by atoms with E-state index in [4.69, 9.17) is 17.3 Å². The summed E-state index contributed by atoms with van der Waals surface area (Å²) < 4.78 is 0. The van der Waals surface area contributed by atoms with Crippen molar-refractivity contribution in [2.24, 2.45) is 5.73 Å². The molecule has 0 aliphatic heterocycles. The largest absolute Gasteiger partial charge is 0.326 e. The van der Waals surface area contributed by atoms with Crippen LogP contribution in [-0.2, 0) is 13.0 Å². The highest BCUT2D eigenvalue weighted by Gasteiger charge is 2.03. The fourth-order valence-corrected chi connectivity index (χ4v) is 1.30. The summed E-state index contributed by atoms with van der Waals surface area (Å²) in [6.07, 6.45) is 0.721. The van der Waals surface area contributed by atoms with E-state index in [1.54, 1.807) is 6.07 Å². The molecule has 1 aromatic heterocycles. The van der Waals surface area contributed by atoms with Crippen LogP contribution in [0.15, 0.2) is 10.9 Å². The highest BCUT2D eigenvalue weighted by molar-refractivity contribution is 6.31. The van der Waals surface area contributed by atoms with Gasteiger partial charge in [-0.3, -0.25) is 4.79 Å². The zero-order valence-corrected chi connectivity index (χ0v) is 7.61. The third-order valence-corrected chi connectivity index (χ3v) is 2.06. The van der Waals surface area contributed by atoms with Gasteiger partial charge in [0.1, 0.15) is 0 Å². The Morgan fingerprint density at radius 2 is 2.33 bits per heavy atom. The molecule has 0 unspecified atom stereocenters. The highest BCUT2D eigenvalue weighted by Crippen LogP contribution is 2.12. The van der Waals surface area contributed by atoms with Gasteiger partial charge < -0.3 is 10.7 Å². The zero-order chi connectivity index (χ0) is 9.14. The molecule has 0 spiro atoms. The van der Waals surface area contributed by atoms with E-state index < -0.39 is 0 Å². The third kappa shape index (κ3) is 1.68. The summed E-state index contributed by atoms with van der Waals surface area (Å²) in [5.74, 6) is 0. The maximum absolute atomic E-state index is 11.2. The van der Waals surface area contributed by atoms with Crippen molar-refractivity contribution in [3.63, 3.8) is 0 Å². The van der Waals surface area contributed by atoms with Gasteiger partial charge in [0, 0.05) is 17.8 Å². The molecule has 0 bridgehead atoms. The molecule has 0 aliphatic carbocycles. The Morgan fingerprint density at radius 1 is 1.67 bits per heavy atom. The molecule has 0 saturated heterocycles. The Labute approximate surface area is 75.6 Å². The predicted octanol–water partition coefficient (Wildman–Crippen LogP) is 1.05. The van der Waals surface area contributed by atoms with E-state index in [0.717, 1.165) is 12.1 Å². The number of H-pyrrole nitrogens is 1. The van der Waals surface area contributed by atoms with Crippen molar-refractivity contribution in [3.05, 3.63) is 32.7 Å². The fraction of sp³-hybridized carbons (Fsp3) is 0.375. The van der Waals surface area contributed by atoms with Gasteiger partial charge in [-0.05, 0) is 12.5 Å². The molecule has 4 heteroatoms. The normalized spacial score (nSPS) is 10.2. The van der Waals surface area contributed by atoms with Crippen LogP contribution in [0, 0.1) is 0 Å². The predicted molar refractivity (Wildman–Crippen MR) is 49.3 cm³/mol. The quantitative estimate of drug-likeness (QED) is 0.726. The Morgan fingerprint density at radius 3 is 2.83 bits per heavy atom. The van der Waals surface area contributed by atoms with E-state index in [9.17, 15) is 4.79 Å². The average molecular weight is 187 g/mol.